The molecule has 7 rings (SSSR count). The third-order valence-corrected chi connectivity index (χ3v) is 7.22. The van der Waals surface area contributed by atoms with Crippen molar-refractivity contribution in [3.05, 3.63) is 114 Å². The van der Waals surface area contributed by atoms with Crippen LogP contribution < -0.4 is 0 Å². The summed E-state index contributed by atoms with van der Waals surface area (Å²) in [4.78, 5) is 0. The molecule has 0 aliphatic rings. The molecule has 0 unspecified atom stereocenters. The van der Waals surface area contributed by atoms with Crippen molar-refractivity contribution in [1.82, 2.24) is 4.40 Å². The maximum atomic E-state index is 2.44. The fourth-order valence-corrected chi connectivity index (χ4v) is 5.63. The molecule has 1 nitrogen and oxygen atoms in total. The molecule has 33 heavy (non-hydrogen) atoms. The quantitative estimate of drug-likeness (QED) is 0.263. The van der Waals surface area contributed by atoms with Crippen molar-refractivity contribution in [2.24, 2.45) is 0 Å². The van der Waals surface area contributed by atoms with E-state index in [2.05, 4.69) is 121 Å². The average Bonchev–Trinajstić information content (AvgIpc) is 3.36. The summed E-state index contributed by atoms with van der Waals surface area (Å²) in [6.45, 7) is 4.40. The number of hydrogen-bond acceptors (Lipinski definition) is 0. The van der Waals surface area contributed by atoms with E-state index in [9.17, 15) is 0 Å². The standard InChI is InChI=1S/C32H23N/c1-20-8-3-4-9-24(20)25-16-14-22(18-21(25)2)23-15-17-31-29(19-23)28-12-7-11-27-26-10-5-6-13-30(26)33(31)32(27)28/h3-19H,1-2H3. The molecule has 0 aliphatic heterocycles. The van der Waals surface area contributed by atoms with Crippen molar-refractivity contribution in [1.29, 1.82) is 0 Å². The maximum absolute atomic E-state index is 2.44. The molecule has 0 aliphatic carbocycles. The van der Waals surface area contributed by atoms with E-state index in [0.717, 1.165) is 0 Å². The molecule has 5 aromatic carbocycles. The van der Waals surface area contributed by atoms with Gasteiger partial charge in [-0.2, -0.15) is 0 Å². The van der Waals surface area contributed by atoms with Crippen molar-refractivity contribution in [3.63, 3.8) is 0 Å². The Bertz CT molecular complexity index is 1830. The van der Waals surface area contributed by atoms with Crippen LogP contribution in [0.3, 0.4) is 0 Å². The van der Waals surface area contributed by atoms with Crippen LogP contribution in [0, 0.1) is 13.8 Å². The van der Waals surface area contributed by atoms with Crippen LogP contribution in [0.25, 0.3) is 60.3 Å². The van der Waals surface area contributed by atoms with E-state index in [1.807, 2.05) is 0 Å². The van der Waals surface area contributed by atoms with Gasteiger partial charge in [0, 0.05) is 21.5 Å². The van der Waals surface area contributed by atoms with Gasteiger partial charge in [-0.15, -0.1) is 0 Å². The molecular weight excluding hydrogens is 398 g/mol. The van der Waals surface area contributed by atoms with Crippen molar-refractivity contribution in [2.45, 2.75) is 13.8 Å². The highest BCUT2D eigenvalue weighted by Crippen LogP contribution is 2.40. The molecule has 0 saturated heterocycles. The smallest absolute Gasteiger partial charge is 0.0620 e. The van der Waals surface area contributed by atoms with E-state index in [-0.39, 0.29) is 0 Å². The summed E-state index contributed by atoms with van der Waals surface area (Å²) in [5.74, 6) is 0. The third-order valence-electron chi connectivity index (χ3n) is 7.22. The van der Waals surface area contributed by atoms with Crippen molar-refractivity contribution < 1.29 is 0 Å². The second-order valence-electron chi connectivity index (χ2n) is 9.13. The van der Waals surface area contributed by atoms with Crippen LogP contribution in [0.5, 0.6) is 0 Å². The Labute approximate surface area is 192 Å². The van der Waals surface area contributed by atoms with Gasteiger partial charge >= 0.3 is 0 Å². The summed E-state index contributed by atoms with van der Waals surface area (Å²) in [7, 11) is 0. The number of rotatable bonds is 2. The predicted octanol–water partition coefficient (Wildman–Crippen LogP) is 8.79. The lowest BCUT2D eigenvalue weighted by Crippen LogP contribution is -1.88. The molecule has 7 aromatic rings. The van der Waals surface area contributed by atoms with Gasteiger partial charge in [-0.3, -0.25) is 0 Å². The number of nitrogens with zero attached hydrogens (tertiary/aromatic N) is 1. The second kappa shape index (κ2) is 6.70. The Kier molecular flexibility index (Phi) is 3.75. The van der Waals surface area contributed by atoms with Gasteiger partial charge in [0.05, 0.1) is 16.6 Å². The van der Waals surface area contributed by atoms with Crippen LogP contribution >= 0.6 is 0 Å². The maximum Gasteiger partial charge on any atom is 0.0620 e. The van der Waals surface area contributed by atoms with Gasteiger partial charge in [0.15, 0.2) is 0 Å². The van der Waals surface area contributed by atoms with Crippen molar-refractivity contribution >= 4 is 38.1 Å². The molecule has 0 fully saturated rings. The Hall–Kier alpha value is -4.10. The van der Waals surface area contributed by atoms with Crippen molar-refractivity contribution in [3.8, 4) is 22.3 Å². The van der Waals surface area contributed by atoms with Crippen LogP contribution in [-0.2, 0) is 0 Å². The molecule has 156 valence electrons. The molecule has 1 heteroatoms. The molecule has 0 bridgehead atoms. The van der Waals surface area contributed by atoms with E-state index in [1.54, 1.807) is 0 Å². The zero-order valence-corrected chi connectivity index (χ0v) is 18.8. The molecule has 0 spiro atoms. The average molecular weight is 422 g/mol. The number of fused-ring (bicyclic) bond motifs is 6. The lowest BCUT2D eigenvalue weighted by Gasteiger charge is -2.12. The summed E-state index contributed by atoms with van der Waals surface area (Å²) >= 11 is 0. The highest BCUT2D eigenvalue weighted by Gasteiger charge is 2.17. The summed E-state index contributed by atoms with van der Waals surface area (Å²) < 4.78 is 2.44. The van der Waals surface area contributed by atoms with E-state index >= 15 is 0 Å². The SMILES string of the molecule is Cc1ccccc1-c1ccc(-c2ccc3c(c2)c2cccc4c5ccccc5n3c42)cc1C. The molecule has 0 N–H and O–H groups in total. The largest absolute Gasteiger partial charge is 0.308 e. The first-order valence-corrected chi connectivity index (χ1v) is 11.5. The summed E-state index contributed by atoms with van der Waals surface area (Å²) in [5.41, 5.74) is 11.7. The van der Waals surface area contributed by atoms with Gasteiger partial charge in [0.25, 0.3) is 0 Å². The van der Waals surface area contributed by atoms with E-state index < -0.39 is 0 Å². The minimum absolute atomic E-state index is 1.26. The Morgan fingerprint density at radius 1 is 0.455 bits per heavy atom. The van der Waals surface area contributed by atoms with Crippen molar-refractivity contribution in [2.75, 3.05) is 0 Å². The lowest BCUT2D eigenvalue weighted by molar-refractivity contribution is 1.37. The fraction of sp³-hybridized carbons (Fsp3) is 0.0625. The molecule has 0 amide bonds. The molecule has 0 atom stereocenters. The van der Waals surface area contributed by atoms with Crippen LogP contribution in [-0.4, -0.2) is 4.40 Å². The third kappa shape index (κ3) is 2.54. The lowest BCUT2D eigenvalue weighted by atomic mass is 9.93. The molecule has 2 aromatic heterocycles. The first-order chi connectivity index (χ1) is 16.2. The van der Waals surface area contributed by atoms with Gasteiger partial charge < -0.3 is 4.40 Å². The number of para-hydroxylation sites is 2. The van der Waals surface area contributed by atoms with Gasteiger partial charge in [-0.25, -0.2) is 0 Å². The molecule has 0 radical (unpaired) electrons. The summed E-state index contributed by atoms with van der Waals surface area (Å²) in [6, 6.07) is 37.9. The second-order valence-corrected chi connectivity index (χ2v) is 9.13. The zero-order valence-electron chi connectivity index (χ0n) is 18.8. The minimum Gasteiger partial charge on any atom is -0.308 e. The van der Waals surface area contributed by atoms with Gasteiger partial charge in [0.1, 0.15) is 0 Å². The molecule has 0 saturated carbocycles. The Balaban J connectivity index is 1.44. The Morgan fingerprint density at radius 3 is 1.94 bits per heavy atom. The van der Waals surface area contributed by atoms with Crippen LogP contribution in [0.4, 0.5) is 0 Å². The monoisotopic (exact) mass is 421 g/mol. The highest BCUT2D eigenvalue weighted by molar-refractivity contribution is 6.23. The predicted molar refractivity (Wildman–Crippen MR) is 141 cm³/mol. The summed E-state index contributed by atoms with van der Waals surface area (Å²) in [6.07, 6.45) is 0. The first-order valence-electron chi connectivity index (χ1n) is 11.5. The fourth-order valence-electron chi connectivity index (χ4n) is 5.63. The number of benzene rings is 5. The zero-order chi connectivity index (χ0) is 22.1. The normalized spacial score (nSPS) is 11.9. The van der Waals surface area contributed by atoms with Gasteiger partial charge in [-0.1, -0.05) is 84.9 Å². The van der Waals surface area contributed by atoms with Crippen LogP contribution in [0.15, 0.2) is 103 Å². The van der Waals surface area contributed by atoms with E-state index in [4.69, 9.17) is 0 Å². The van der Waals surface area contributed by atoms with E-state index in [1.165, 1.54) is 71.5 Å². The number of hydrogen-bond donors (Lipinski definition) is 0. The first kappa shape index (κ1) is 18.5. The van der Waals surface area contributed by atoms with E-state index in [0.29, 0.717) is 0 Å². The van der Waals surface area contributed by atoms with Crippen LogP contribution in [0.2, 0.25) is 0 Å². The number of aryl methyl sites for hydroxylation is 2. The van der Waals surface area contributed by atoms with Crippen LogP contribution in [0.1, 0.15) is 11.1 Å². The Morgan fingerprint density at radius 2 is 1.09 bits per heavy atom. The number of aromatic nitrogens is 1. The molecular formula is C32H23N. The topological polar surface area (TPSA) is 4.41 Å². The highest BCUT2D eigenvalue weighted by atomic mass is 14.9. The van der Waals surface area contributed by atoms with Gasteiger partial charge in [0.2, 0.25) is 0 Å². The van der Waals surface area contributed by atoms with Gasteiger partial charge in [-0.05, 0) is 65.4 Å². The molecule has 2 heterocycles. The summed E-state index contributed by atoms with van der Waals surface area (Å²) in [5, 5.41) is 5.30. The minimum atomic E-state index is 1.26.